The van der Waals surface area contributed by atoms with E-state index in [2.05, 4.69) is 16.8 Å². The number of hydrogen-bond donors (Lipinski definition) is 0. The molecule has 1 aliphatic rings. The van der Waals surface area contributed by atoms with E-state index in [-0.39, 0.29) is 5.56 Å². The van der Waals surface area contributed by atoms with Crippen LogP contribution in [0, 0.1) is 11.3 Å². The van der Waals surface area contributed by atoms with Crippen molar-refractivity contribution in [2.24, 2.45) is 0 Å². The van der Waals surface area contributed by atoms with Crippen LogP contribution in [0.5, 0.6) is 0 Å². The lowest BCUT2D eigenvalue weighted by atomic mass is 10.0. The molecule has 0 bridgehead atoms. The second-order valence-electron chi connectivity index (χ2n) is 6.62. The van der Waals surface area contributed by atoms with Gasteiger partial charge in [-0.15, -0.1) is 0 Å². The summed E-state index contributed by atoms with van der Waals surface area (Å²) in [5.41, 5.74) is 1.01. The predicted octanol–water partition coefficient (Wildman–Crippen LogP) is 3.08. The Labute approximate surface area is 151 Å². The monoisotopic (exact) mass is 345 g/mol. The third kappa shape index (κ3) is 2.96. The third-order valence-corrected chi connectivity index (χ3v) is 4.92. The van der Waals surface area contributed by atoms with Gasteiger partial charge in [-0.2, -0.15) is 5.26 Å². The van der Waals surface area contributed by atoms with Gasteiger partial charge in [0, 0.05) is 37.8 Å². The minimum absolute atomic E-state index is 0.0825. The zero-order chi connectivity index (χ0) is 18.1. The van der Waals surface area contributed by atoms with E-state index >= 15 is 0 Å². The van der Waals surface area contributed by atoms with Gasteiger partial charge in [-0.05, 0) is 23.9 Å². The molecule has 0 atom stereocenters. The van der Waals surface area contributed by atoms with E-state index in [0.717, 1.165) is 42.5 Å². The Bertz CT molecular complexity index is 1060. The molecule has 1 aliphatic heterocycles. The fraction of sp³-hybridized carbons (Fsp3) is 0.238. The minimum Gasteiger partial charge on any atom is -0.422 e. The van der Waals surface area contributed by atoms with Crippen LogP contribution in [0.15, 0.2) is 57.7 Å². The highest BCUT2D eigenvalue weighted by atomic mass is 16.4. The molecule has 0 radical (unpaired) electrons. The Morgan fingerprint density at radius 3 is 2.46 bits per heavy atom. The number of benzene rings is 2. The van der Waals surface area contributed by atoms with E-state index in [1.165, 1.54) is 0 Å². The summed E-state index contributed by atoms with van der Waals surface area (Å²) < 4.78 is 5.47. The first kappa shape index (κ1) is 16.4. The summed E-state index contributed by atoms with van der Waals surface area (Å²) in [7, 11) is 2.07. The number of fused-ring (bicyclic) bond motifs is 1. The molecule has 5 heteroatoms. The highest BCUT2D eigenvalue weighted by Crippen LogP contribution is 2.28. The maximum atomic E-state index is 12.4. The highest BCUT2D eigenvalue weighted by molar-refractivity contribution is 5.87. The van der Waals surface area contributed by atoms with Crippen molar-refractivity contribution >= 4 is 16.5 Å². The Hall–Kier alpha value is -3.10. The van der Waals surface area contributed by atoms with Gasteiger partial charge in [0.25, 0.3) is 0 Å². The van der Waals surface area contributed by atoms with Crippen LogP contribution in [-0.4, -0.2) is 38.1 Å². The van der Waals surface area contributed by atoms with Gasteiger partial charge in [-0.1, -0.05) is 36.4 Å². The number of anilines is 1. The van der Waals surface area contributed by atoms with Crippen LogP contribution in [0.2, 0.25) is 0 Å². The zero-order valence-electron chi connectivity index (χ0n) is 14.6. The summed E-state index contributed by atoms with van der Waals surface area (Å²) in [5, 5.41) is 11.7. The van der Waals surface area contributed by atoms with Gasteiger partial charge >= 0.3 is 5.63 Å². The summed E-state index contributed by atoms with van der Waals surface area (Å²) >= 11 is 0. The molecule has 0 N–H and O–H groups in total. The van der Waals surface area contributed by atoms with Crippen molar-refractivity contribution in [3.05, 3.63) is 64.5 Å². The summed E-state index contributed by atoms with van der Waals surface area (Å²) in [6, 6.07) is 17.9. The summed E-state index contributed by atoms with van der Waals surface area (Å²) in [6.45, 7) is 3.37. The van der Waals surface area contributed by atoms with Crippen LogP contribution in [0.1, 0.15) is 5.56 Å². The quantitative estimate of drug-likeness (QED) is 0.714. The average molecular weight is 345 g/mol. The van der Waals surface area contributed by atoms with E-state index in [1.807, 2.05) is 54.6 Å². The molecule has 0 unspecified atom stereocenters. The van der Waals surface area contributed by atoms with Crippen molar-refractivity contribution < 1.29 is 4.42 Å². The van der Waals surface area contributed by atoms with Crippen LogP contribution in [-0.2, 0) is 0 Å². The Balaban J connectivity index is 1.81. The molecular formula is C21H19N3O2. The van der Waals surface area contributed by atoms with Crippen LogP contribution in [0.25, 0.3) is 22.1 Å². The van der Waals surface area contributed by atoms with Gasteiger partial charge in [0.1, 0.15) is 11.8 Å². The maximum absolute atomic E-state index is 12.4. The van der Waals surface area contributed by atoms with Gasteiger partial charge < -0.3 is 14.2 Å². The number of piperazine rings is 1. The number of rotatable bonds is 2. The number of nitriles is 1. The second kappa shape index (κ2) is 6.66. The standard InChI is InChI=1S/C21H19N3O2/c1-23-8-10-24(11-9-23)19-13-20(26-21(25)18(19)14-22)17-7-6-15-4-2-3-5-16(15)12-17/h2-7,12-13H,8-11H2,1H3. The molecular weight excluding hydrogens is 326 g/mol. The molecule has 130 valence electrons. The molecule has 0 amide bonds. The van der Waals surface area contributed by atoms with Gasteiger partial charge in [0.05, 0.1) is 5.69 Å². The average Bonchev–Trinajstić information content (AvgIpc) is 2.67. The SMILES string of the molecule is CN1CCN(c2cc(-c3ccc4ccccc4c3)oc(=O)c2C#N)CC1. The van der Waals surface area contributed by atoms with E-state index in [9.17, 15) is 10.1 Å². The molecule has 0 saturated carbocycles. The van der Waals surface area contributed by atoms with E-state index < -0.39 is 5.63 Å². The van der Waals surface area contributed by atoms with Crippen molar-refractivity contribution in [1.82, 2.24) is 4.90 Å². The number of nitrogens with zero attached hydrogens (tertiary/aromatic N) is 3. The van der Waals surface area contributed by atoms with Crippen molar-refractivity contribution in [1.29, 1.82) is 5.26 Å². The molecule has 0 spiro atoms. The van der Waals surface area contributed by atoms with Crippen molar-refractivity contribution in [3.63, 3.8) is 0 Å². The second-order valence-corrected chi connectivity index (χ2v) is 6.62. The van der Waals surface area contributed by atoms with Crippen molar-refractivity contribution in [3.8, 4) is 17.4 Å². The third-order valence-electron chi connectivity index (χ3n) is 4.92. The first-order chi connectivity index (χ1) is 12.7. The minimum atomic E-state index is -0.577. The fourth-order valence-electron chi connectivity index (χ4n) is 3.37. The molecule has 1 saturated heterocycles. The lowest BCUT2D eigenvalue weighted by molar-refractivity contribution is 0.312. The summed E-state index contributed by atoms with van der Waals surface area (Å²) in [5.74, 6) is 0.494. The van der Waals surface area contributed by atoms with Gasteiger partial charge in [0.15, 0.2) is 5.56 Å². The Morgan fingerprint density at radius 2 is 1.73 bits per heavy atom. The van der Waals surface area contributed by atoms with Crippen molar-refractivity contribution in [2.75, 3.05) is 38.1 Å². The normalized spacial score (nSPS) is 15.2. The van der Waals surface area contributed by atoms with E-state index in [0.29, 0.717) is 11.4 Å². The molecule has 4 rings (SSSR count). The largest absolute Gasteiger partial charge is 0.422 e. The number of hydrogen-bond acceptors (Lipinski definition) is 5. The Kier molecular flexibility index (Phi) is 4.19. The molecule has 2 heterocycles. The topological polar surface area (TPSA) is 60.5 Å². The smallest absolute Gasteiger partial charge is 0.356 e. The molecule has 0 aliphatic carbocycles. The van der Waals surface area contributed by atoms with Crippen LogP contribution < -0.4 is 10.5 Å². The van der Waals surface area contributed by atoms with E-state index in [1.54, 1.807) is 0 Å². The maximum Gasteiger partial charge on any atom is 0.356 e. The molecule has 26 heavy (non-hydrogen) atoms. The summed E-state index contributed by atoms with van der Waals surface area (Å²) in [4.78, 5) is 16.7. The van der Waals surface area contributed by atoms with E-state index in [4.69, 9.17) is 4.42 Å². The van der Waals surface area contributed by atoms with Gasteiger partial charge in [0.2, 0.25) is 0 Å². The van der Waals surface area contributed by atoms with Crippen LogP contribution >= 0.6 is 0 Å². The predicted molar refractivity (Wildman–Crippen MR) is 102 cm³/mol. The zero-order valence-corrected chi connectivity index (χ0v) is 14.6. The Morgan fingerprint density at radius 1 is 1.00 bits per heavy atom. The van der Waals surface area contributed by atoms with Crippen molar-refractivity contribution in [2.45, 2.75) is 0 Å². The first-order valence-corrected chi connectivity index (χ1v) is 8.66. The van der Waals surface area contributed by atoms with Gasteiger partial charge in [-0.3, -0.25) is 0 Å². The molecule has 2 aromatic carbocycles. The number of likely N-dealkylation sites (N-methyl/N-ethyl adjacent to an activating group) is 1. The van der Waals surface area contributed by atoms with Gasteiger partial charge in [-0.25, -0.2) is 4.79 Å². The highest BCUT2D eigenvalue weighted by Gasteiger charge is 2.21. The fourth-order valence-corrected chi connectivity index (χ4v) is 3.37. The molecule has 1 aromatic heterocycles. The first-order valence-electron chi connectivity index (χ1n) is 8.66. The molecule has 3 aromatic rings. The summed E-state index contributed by atoms with van der Waals surface area (Å²) in [6.07, 6.45) is 0. The van der Waals surface area contributed by atoms with Crippen LogP contribution in [0.4, 0.5) is 5.69 Å². The molecule has 1 fully saturated rings. The lowest BCUT2D eigenvalue weighted by Gasteiger charge is -2.34. The van der Waals surface area contributed by atoms with Crippen LogP contribution in [0.3, 0.4) is 0 Å². The molecule has 5 nitrogen and oxygen atoms in total. The lowest BCUT2D eigenvalue weighted by Crippen LogP contribution is -2.45.